The molecule has 0 saturated heterocycles. The minimum absolute atomic E-state index is 0.528. The number of nitrogens with zero attached hydrogens (tertiary/aromatic N) is 1. The summed E-state index contributed by atoms with van der Waals surface area (Å²) in [5.74, 6) is 0.528. The third-order valence-electron chi connectivity index (χ3n) is 1.56. The molecule has 0 spiro atoms. The first-order chi connectivity index (χ1) is 7.67. The highest BCUT2D eigenvalue weighted by atomic mass is 16.2. The van der Waals surface area contributed by atoms with Crippen LogP contribution in [-0.2, 0) is 0 Å². The van der Waals surface area contributed by atoms with Crippen molar-refractivity contribution in [3.05, 3.63) is 36.0 Å². The number of aliphatic hydroxyl groups is 1. The summed E-state index contributed by atoms with van der Waals surface area (Å²) in [7, 11) is 2.67. The average molecular weight is 226 g/mol. The molecule has 0 amide bonds. The van der Waals surface area contributed by atoms with Crippen LogP contribution in [-0.4, -0.2) is 25.1 Å². The molecule has 0 saturated carbocycles. The SMILES string of the molecule is C=C/C(C(N)=NC)=C(C)\C=C/C.CC.CO. The highest BCUT2D eigenvalue weighted by Gasteiger charge is 1.98. The second kappa shape index (κ2) is 16.1. The Balaban J connectivity index is -0.000000376. The van der Waals surface area contributed by atoms with Crippen LogP contribution in [0, 0.1) is 0 Å². The summed E-state index contributed by atoms with van der Waals surface area (Å²) < 4.78 is 0. The summed E-state index contributed by atoms with van der Waals surface area (Å²) in [4.78, 5) is 3.89. The molecule has 0 radical (unpaired) electrons. The molecule has 0 rings (SSSR count). The molecular weight excluding hydrogens is 200 g/mol. The van der Waals surface area contributed by atoms with E-state index in [2.05, 4.69) is 11.6 Å². The van der Waals surface area contributed by atoms with Crippen molar-refractivity contribution in [1.82, 2.24) is 0 Å². The molecule has 0 aromatic rings. The maximum Gasteiger partial charge on any atom is 0.125 e. The molecule has 3 N–H and O–H groups in total. The lowest BCUT2D eigenvalue weighted by atomic mass is 10.1. The van der Waals surface area contributed by atoms with Crippen LogP contribution in [0.1, 0.15) is 27.7 Å². The molecule has 3 heteroatoms. The van der Waals surface area contributed by atoms with Crippen molar-refractivity contribution >= 4 is 5.84 Å². The standard InChI is InChI=1S/C10H16N2.C2H6.CH4O/c1-5-7-8(3)9(6-2)10(11)12-4;2*1-2/h5-7H,2H2,1,3-4H3,(H2,11,12);1-2H3;2H,1H3/b7-5-,9-8+;;. The molecule has 0 aromatic carbocycles. The quantitative estimate of drug-likeness (QED) is 0.441. The van der Waals surface area contributed by atoms with Crippen molar-refractivity contribution in [2.24, 2.45) is 10.7 Å². The van der Waals surface area contributed by atoms with Gasteiger partial charge in [0.2, 0.25) is 0 Å². The Morgan fingerprint density at radius 3 is 2.00 bits per heavy atom. The fourth-order valence-electron chi connectivity index (χ4n) is 0.928. The molecule has 0 aliphatic heterocycles. The fraction of sp³-hybridized carbons (Fsp3) is 0.462. The number of nitrogens with two attached hydrogens (primary N) is 1. The fourth-order valence-corrected chi connectivity index (χ4v) is 0.928. The summed E-state index contributed by atoms with van der Waals surface area (Å²) >= 11 is 0. The Bertz CT molecular complexity index is 251. The molecule has 0 bridgehead atoms. The minimum atomic E-state index is 0.528. The van der Waals surface area contributed by atoms with E-state index in [1.54, 1.807) is 13.1 Å². The first kappa shape index (κ1) is 20.1. The maximum absolute atomic E-state index is 7.00. The van der Waals surface area contributed by atoms with Crippen LogP contribution < -0.4 is 5.73 Å². The molecular formula is C13H26N2O. The van der Waals surface area contributed by atoms with E-state index in [1.807, 2.05) is 39.8 Å². The van der Waals surface area contributed by atoms with E-state index in [9.17, 15) is 0 Å². The van der Waals surface area contributed by atoms with Crippen LogP contribution in [0.15, 0.2) is 40.9 Å². The average Bonchev–Trinajstić information content (AvgIpc) is 2.35. The third-order valence-corrected chi connectivity index (χ3v) is 1.56. The lowest BCUT2D eigenvalue weighted by Gasteiger charge is -2.02. The van der Waals surface area contributed by atoms with Gasteiger partial charge in [-0.3, -0.25) is 4.99 Å². The topological polar surface area (TPSA) is 58.6 Å². The molecule has 0 fully saturated rings. The summed E-state index contributed by atoms with van der Waals surface area (Å²) in [5, 5.41) is 7.00. The van der Waals surface area contributed by atoms with Crippen LogP contribution in [0.3, 0.4) is 0 Å². The van der Waals surface area contributed by atoms with E-state index < -0.39 is 0 Å². The normalized spacial score (nSPS) is 11.8. The second-order valence-corrected chi connectivity index (χ2v) is 2.41. The van der Waals surface area contributed by atoms with Gasteiger partial charge < -0.3 is 10.8 Å². The van der Waals surface area contributed by atoms with E-state index in [-0.39, 0.29) is 0 Å². The Hall–Kier alpha value is -1.35. The first-order valence-electron chi connectivity index (χ1n) is 5.30. The van der Waals surface area contributed by atoms with Crippen molar-refractivity contribution in [3.63, 3.8) is 0 Å². The first-order valence-corrected chi connectivity index (χ1v) is 5.30. The summed E-state index contributed by atoms with van der Waals surface area (Å²) in [6.45, 7) is 11.6. The Morgan fingerprint density at radius 2 is 1.75 bits per heavy atom. The Kier molecular flexibility index (Phi) is 20.2. The number of allylic oxidation sites excluding steroid dienone is 3. The number of aliphatic imine (C=N–C) groups is 1. The highest BCUT2D eigenvalue weighted by Crippen LogP contribution is 2.06. The zero-order valence-electron chi connectivity index (χ0n) is 11.4. The number of hydrogen-bond donors (Lipinski definition) is 2. The van der Waals surface area contributed by atoms with Crippen molar-refractivity contribution in [3.8, 4) is 0 Å². The largest absolute Gasteiger partial charge is 0.400 e. The molecule has 0 aliphatic rings. The highest BCUT2D eigenvalue weighted by molar-refractivity contribution is 6.00. The van der Waals surface area contributed by atoms with Crippen LogP contribution in [0.2, 0.25) is 0 Å². The van der Waals surface area contributed by atoms with Gasteiger partial charge in [0.1, 0.15) is 5.84 Å². The van der Waals surface area contributed by atoms with Crippen molar-refractivity contribution in [2.45, 2.75) is 27.7 Å². The predicted molar refractivity (Wildman–Crippen MR) is 74.7 cm³/mol. The van der Waals surface area contributed by atoms with Gasteiger partial charge in [0.15, 0.2) is 0 Å². The van der Waals surface area contributed by atoms with Crippen molar-refractivity contribution in [2.75, 3.05) is 14.2 Å². The predicted octanol–water partition coefficient (Wildman–Crippen LogP) is 2.69. The van der Waals surface area contributed by atoms with Crippen molar-refractivity contribution in [1.29, 1.82) is 0 Å². The van der Waals surface area contributed by atoms with Gasteiger partial charge >= 0.3 is 0 Å². The number of aliphatic hydroxyl groups excluding tert-OH is 1. The molecule has 16 heavy (non-hydrogen) atoms. The van der Waals surface area contributed by atoms with Crippen LogP contribution >= 0.6 is 0 Å². The van der Waals surface area contributed by atoms with E-state index in [0.29, 0.717) is 5.84 Å². The lowest BCUT2D eigenvalue weighted by molar-refractivity contribution is 0.399. The van der Waals surface area contributed by atoms with Gasteiger partial charge in [0, 0.05) is 19.7 Å². The zero-order valence-corrected chi connectivity index (χ0v) is 11.4. The monoisotopic (exact) mass is 226 g/mol. The van der Waals surface area contributed by atoms with Crippen LogP contribution in [0.25, 0.3) is 0 Å². The summed E-state index contributed by atoms with van der Waals surface area (Å²) in [6, 6.07) is 0. The number of rotatable bonds is 3. The zero-order chi connectivity index (χ0) is 13.6. The van der Waals surface area contributed by atoms with Crippen LogP contribution in [0.5, 0.6) is 0 Å². The van der Waals surface area contributed by atoms with Crippen molar-refractivity contribution < 1.29 is 5.11 Å². The van der Waals surface area contributed by atoms with Gasteiger partial charge in [-0.05, 0) is 19.4 Å². The second-order valence-electron chi connectivity index (χ2n) is 2.41. The summed E-state index contributed by atoms with van der Waals surface area (Å²) in [6.07, 6.45) is 5.66. The molecule has 0 aromatic heterocycles. The number of amidine groups is 1. The van der Waals surface area contributed by atoms with E-state index in [1.165, 1.54) is 0 Å². The molecule has 0 unspecified atom stereocenters. The maximum atomic E-state index is 7.00. The Morgan fingerprint density at radius 1 is 1.31 bits per heavy atom. The Labute approximate surface area is 100 Å². The molecule has 3 nitrogen and oxygen atoms in total. The van der Waals surface area contributed by atoms with Gasteiger partial charge in [0.05, 0.1) is 0 Å². The van der Waals surface area contributed by atoms with Gasteiger partial charge in [0.25, 0.3) is 0 Å². The summed E-state index contributed by atoms with van der Waals surface area (Å²) in [5.41, 5.74) is 7.62. The minimum Gasteiger partial charge on any atom is -0.400 e. The number of hydrogen-bond acceptors (Lipinski definition) is 2. The molecule has 0 heterocycles. The molecule has 0 atom stereocenters. The van der Waals surface area contributed by atoms with Gasteiger partial charge in [-0.1, -0.05) is 38.7 Å². The molecule has 0 aliphatic carbocycles. The van der Waals surface area contributed by atoms with Gasteiger partial charge in [-0.15, -0.1) is 0 Å². The van der Waals surface area contributed by atoms with E-state index >= 15 is 0 Å². The van der Waals surface area contributed by atoms with E-state index in [4.69, 9.17) is 10.8 Å². The third kappa shape index (κ3) is 9.21. The molecule has 94 valence electrons. The van der Waals surface area contributed by atoms with E-state index in [0.717, 1.165) is 18.3 Å². The van der Waals surface area contributed by atoms with Crippen LogP contribution in [0.4, 0.5) is 0 Å². The smallest absolute Gasteiger partial charge is 0.125 e. The van der Waals surface area contributed by atoms with Gasteiger partial charge in [-0.2, -0.15) is 0 Å². The van der Waals surface area contributed by atoms with Gasteiger partial charge in [-0.25, -0.2) is 0 Å². The lowest BCUT2D eigenvalue weighted by Crippen LogP contribution is -2.14.